The van der Waals surface area contributed by atoms with E-state index < -0.39 is 5.41 Å². The van der Waals surface area contributed by atoms with Crippen LogP contribution >= 0.6 is 0 Å². The highest BCUT2D eigenvalue weighted by Gasteiger charge is 2.38. The molecule has 0 saturated heterocycles. The molecule has 0 radical (unpaired) electrons. The van der Waals surface area contributed by atoms with Gasteiger partial charge in [0.1, 0.15) is 11.2 Å². The second kappa shape index (κ2) is 4.19. The average Bonchev–Trinajstić information content (AvgIpc) is 2.37. The number of fused-ring (bicyclic) bond motifs is 1. The molecule has 4 nitrogen and oxygen atoms in total. The van der Waals surface area contributed by atoms with Gasteiger partial charge in [0.05, 0.1) is 0 Å². The number of anilines is 1. The van der Waals surface area contributed by atoms with Crippen molar-refractivity contribution in [1.82, 2.24) is 4.98 Å². The van der Waals surface area contributed by atoms with Crippen molar-refractivity contribution in [2.24, 2.45) is 5.41 Å². The van der Waals surface area contributed by atoms with Crippen molar-refractivity contribution in [3.63, 3.8) is 0 Å². The predicted molar refractivity (Wildman–Crippen MR) is 69.4 cm³/mol. The van der Waals surface area contributed by atoms with Crippen LogP contribution < -0.4 is 5.32 Å². The van der Waals surface area contributed by atoms with Gasteiger partial charge in [-0.2, -0.15) is 0 Å². The molecule has 1 N–H and O–H groups in total. The van der Waals surface area contributed by atoms with Crippen molar-refractivity contribution in [3.05, 3.63) is 23.4 Å². The first-order valence-corrected chi connectivity index (χ1v) is 6.16. The van der Waals surface area contributed by atoms with E-state index in [1.54, 1.807) is 20.0 Å². The van der Waals surface area contributed by atoms with Gasteiger partial charge in [-0.25, -0.2) is 4.98 Å². The molecule has 0 saturated carbocycles. The molecule has 1 aliphatic rings. The van der Waals surface area contributed by atoms with Gasteiger partial charge in [0.2, 0.25) is 5.91 Å². The first-order chi connectivity index (χ1) is 8.32. The second-order valence-electron chi connectivity index (χ2n) is 5.61. The van der Waals surface area contributed by atoms with Gasteiger partial charge in [0, 0.05) is 18.2 Å². The molecule has 2 heterocycles. The summed E-state index contributed by atoms with van der Waals surface area (Å²) in [5.41, 5.74) is 0.902. The molecule has 2 rings (SSSR count). The topological polar surface area (TPSA) is 59.1 Å². The summed E-state index contributed by atoms with van der Waals surface area (Å²) in [5, 5.41) is 2.74. The van der Waals surface area contributed by atoms with Crippen molar-refractivity contribution in [2.45, 2.75) is 40.0 Å². The maximum Gasteiger partial charge on any atom is 0.238 e. The fraction of sp³-hybridized carbons (Fsp3) is 0.500. The Hall–Kier alpha value is -1.71. The Balaban J connectivity index is 2.47. The number of hydrogen-bond acceptors (Lipinski definition) is 3. The van der Waals surface area contributed by atoms with Crippen LogP contribution in [0.15, 0.2) is 12.3 Å². The van der Waals surface area contributed by atoms with Crippen LogP contribution in [0, 0.1) is 5.41 Å². The largest absolute Gasteiger partial charge is 0.310 e. The number of pyridine rings is 1. The normalized spacial score (nSPS) is 18.3. The number of amides is 1. The smallest absolute Gasteiger partial charge is 0.238 e. The third-order valence-electron chi connectivity index (χ3n) is 3.50. The average molecular weight is 246 g/mol. The summed E-state index contributed by atoms with van der Waals surface area (Å²) in [4.78, 5) is 28.3. The number of nitrogens with one attached hydrogen (secondary N) is 1. The molecule has 0 unspecified atom stereocenters. The summed E-state index contributed by atoms with van der Waals surface area (Å²) in [6.45, 7) is 7.45. The van der Waals surface area contributed by atoms with Crippen LogP contribution in [0.4, 0.5) is 5.82 Å². The zero-order chi connectivity index (χ0) is 13.5. The molecule has 0 aromatic carbocycles. The zero-order valence-corrected chi connectivity index (χ0v) is 11.2. The van der Waals surface area contributed by atoms with Gasteiger partial charge < -0.3 is 5.32 Å². The molecule has 0 atom stereocenters. The molecule has 96 valence electrons. The molecule has 18 heavy (non-hydrogen) atoms. The fourth-order valence-electron chi connectivity index (χ4n) is 1.88. The number of hydrogen-bond donors (Lipinski definition) is 1. The van der Waals surface area contributed by atoms with E-state index in [0.29, 0.717) is 11.7 Å². The number of nitrogens with zero attached hydrogens (tertiary/aromatic N) is 1. The Morgan fingerprint density at radius 2 is 2.00 bits per heavy atom. The third-order valence-corrected chi connectivity index (χ3v) is 3.50. The SMILES string of the molecule is CC(C)c1cnc2c(c1)CC(=O)C(C)(C)C(=O)N2. The number of Topliss-reactive ketones (excluding diaryl/α,β-unsaturated/α-hetero) is 1. The number of carbonyl (C=O) groups is 2. The monoisotopic (exact) mass is 246 g/mol. The molecule has 0 spiro atoms. The molecular weight excluding hydrogens is 228 g/mol. The maximum atomic E-state index is 12.1. The van der Waals surface area contributed by atoms with Crippen LogP contribution in [-0.4, -0.2) is 16.7 Å². The van der Waals surface area contributed by atoms with Crippen molar-refractivity contribution < 1.29 is 9.59 Å². The molecule has 1 aromatic rings. The van der Waals surface area contributed by atoms with Crippen LogP contribution in [0.1, 0.15) is 44.7 Å². The van der Waals surface area contributed by atoms with E-state index in [2.05, 4.69) is 24.1 Å². The lowest BCUT2D eigenvalue weighted by atomic mass is 9.85. The van der Waals surface area contributed by atoms with E-state index in [4.69, 9.17) is 0 Å². The Kier molecular flexibility index (Phi) is 2.97. The van der Waals surface area contributed by atoms with E-state index >= 15 is 0 Å². The van der Waals surface area contributed by atoms with Gasteiger partial charge in [0.25, 0.3) is 0 Å². The standard InChI is InChI=1S/C14H18N2O2/c1-8(2)10-5-9-6-11(17)14(3,4)13(18)16-12(9)15-7-10/h5,7-8H,6H2,1-4H3,(H,15,16,18). The van der Waals surface area contributed by atoms with Gasteiger partial charge in [-0.1, -0.05) is 13.8 Å². The minimum absolute atomic E-state index is 0.0681. The molecule has 0 aliphatic carbocycles. The lowest BCUT2D eigenvalue weighted by molar-refractivity contribution is -0.136. The van der Waals surface area contributed by atoms with Crippen LogP contribution in [0.5, 0.6) is 0 Å². The molecule has 1 aromatic heterocycles. The Morgan fingerprint density at radius 3 is 2.61 bits per heavy atom. The molecule has 4 heteroatoms. The first-order valence-electron chi connectivity index (χ1n) is 6.16. The number of rotatable bonds is 1. The second-order valence-corrected chi connectivity index (χ2v) is 5.61. The number of aromatic nitrogens is 1. The van der Waals surface area contributed by atoms with Gasteiger partial charge >= 0.3 is 0 Å². The lowest BCUT2D eigenvalue weighted by Crippen LogP contribution is -2.36. The van der Waals surface area contributed by atoms with E-state index in [0.717, 1.165) is 11.1 Å². The van der Waals surface area contributed by atoms with Gasteiger partial charge in [-0.05, 0) is 31.4 Å². The maximum absolute atomic E-state index is 12.1. The van der Waals surface area contributed by atoms with Gasteiger partial charge in [-0.3, -0.25) is 9.59 Å². The quantitative estimate of drug-likeness (QED) is 0.773. The Bertz CT molecular complexity index is 519. The summed E-state index contributed by atoms with van der Waals surface area (Å²) in [6, 6.07) is 1.96. The zero-order valence-electron chi connectivity index (χ0n) is 11.2. The van der Waals surface area contributed by atoms with Crippen molar-refractivity contribution in [3.8, 4) is 0 Å². The van der Waals surface area contributed by atoms with E-state index in [1.165, 1.54) is 0 Å². The Morgan fingerprint density at radius 1 is 1.33 bits per heavy atom. The highest BCUT2D eigenvalue weighted by Crippen LogP contribution is 2.29. The van der Waals surface area contributed by atoms with Crippen LogP contribution in [-0.2, 0) is 16.0 Å². The van der Waals surface area contributed by atoms with Gasteiger partial charge in [0.15, 0.2) is 5.78 Å². The van der Waals surface area contributed by atoms with E-state index in [9.17, 15) is 9.59 Å². The van der Waals surface area contributed by atoms with Crippen molar-refractivity contribution in [2.75, 3.05) is 5.32 Å². The summed E-state index contributed by atoms with van der Waals surface area (Å²) >= 11 is 0. The molecule has 1 amide bonds. The first kappa shape index (κ1) is 12.7. The predicted octanol–water partition coefficient (Wildman–Crippen LogP) is 2.29. The minimum atomic E-state index is -0.987. The molecule has 1 aliphatic heterocycles. The number of ketones is 1. The molecule has 0 bridgehead atoms. The van der Waals surface area contributed by atoms with Crippen LogP contribution in [0.2, 0.25) is 0 Å². The van der Waals surface area contributed by atoms with Crippen molar-refractivity contribution in [1.29, 1.82) is 0 Å². The van der Waals surface area contributed by atoms with Crippen LogP contribution in [0.25, 0.3) is 0 Å². The lowest BCUT2D eigenvalue weighted by Gasteiger charge is -2.17. The van der Waals surface area contributed by atoms with E-state index in [1.807, 2.05) is 6.07 Å². The summed E-state index contributed by atoms with van der Waals surface area (Å²) in [6.07, 6.45) is 2.02. The highest BCUT2D eigenvalue weighted by molar-refractivity contribution is 6.13. The molecular formula is C14H18N2O2. The Labute approximate surface area is 107 Å². The van der Waals surface area contributed by atoms with Crippen LogP contribution in [0.3, 0.4) is 0 Å². The summed E-state index contributed by atoms with van der Waals surface area (Å²) < 4.78 is 0. The summed E-state index contributed by atoms with van der Waals surface area (Å²) in [7, 11) is 0. The fourth-order valence-corrected chi connectivity index (χ4v) is 1.88. The van der Waals surface area contributed by atoms with Gasteiger partial charge in [-0.15, -0.1) is 0 Å². The van der Waals surface area contributed by atoms with Crippen molar-refractivity contribution >= 4 is 17.5 Å². The number of carbonyl (C=O) groups excluding carboxylic acids is 2. The third kappa shape index (κ3) is 2.03. The minimum Gasteiger partial charge on any atom is -0.310 e. The summed E-state index contributed by atoms with van der Waals surface area (Å²) in [5.74, 6) is 0.519. The van der Waals surface area contributed by atoms with E-state index in [-0.39, 0.29) is 18.1 Å². The highest BCUT2D eigenvalue weighted by atomic mass is 16.2. The molecule has 0 fully saturated rings.